The molecule has 1 rings (SSSR count). The van der Waals surface area contributed by atoms with E-state index in [9.17, 15) is 13.2 Å². The minimum absolute atomic E-state index is 0.0693. The maximum atomic E-state index is 11.3. The molecule has 0 spiro atoms. The lowest BCUT2D eigenvalue weighted by Gasteiger charge is -2.07. The summed E-state index contributed by atoms with van der Waals surface area (Å²) < 4.78 is 31.4. The van der Waals surface area contributed by atoms with Gasteiger partial charge in [0.05, 0.1) is 25.0 Å². The molecule has 0 unspecified atom stereocenters. The first-order valence-electron chi connectivity index (χ1n) is 5.66. The minimum Gasteiger partial charge on any atom is -0.494 e. The van der Waals surface area contributed by atoms with E-state index in [2.05, 4.69) is 4.74 Å². The molecule has 0 amide bonds. The van der Waals surface area contributed by atoms with Crippen molar-refractivity contribution in [2.45, 2.75) is 12.8 Å². The fourth-order valence-electron chi connectivity index (χ4n) is 1.40. The van der Waals surface area contributed by atoms with Gasteiger partial charge in [-0.05, 0) is 31.0 Å². The molecular formula is C12H15ClO5S. The molecule has 0 radical (unpaired) electrons. The van der Waals surface area contributed by atoms with Crippen LogP contribution in [0.25, 0.3) is 0 Å². The first-order valence-corrected chi connectivity index (χ1v) is 8.14. The molecule has 7 heteroatoms. The number of carbonyl (C=O) groups excluding carboxylic acids is 1. The van der Waals surface area contributed by atoms with Gasteiger partial charge < -0.3 is 9.47 Å². The predicted octanol–water partition coefficient (Wildman–Crippen LogP) is 2.20. The summed E-state index contributed by atoms with van der Waals surface area (Å²) in [4.78, 5) is 11.3. The van der Waals surface area contributed by atoms with Gasteiger partial charge in [-0.25, -0.2) is 13.2 Å². The Morgan fingerprint density at radius 3 is 2.68 bits per heavy atom. The van der Waals surface area contributed by atoms with E-state index >= 15 is 0 Å². The van der Waals surface area contributed by atoms with Crippen molar-refractivity contribution in [2.24, 2.45) is 0 Å². The molecule has 19 heavy (non-hydrogen) atoms. The van der Waals surface area contributed by atoms with Gasteiger partial charge in [-0.3, -0.25) is 0 Å². The van der Waals surface area contributed by atoms with E-state index in [1.165, 1.54) is 7.11 Å². The molecule has 106 valence electrons. The highest BCUT2D eigenvalue weighted by Gasteiger charge is 2.07. The summed E-state index contributed by atoms with van der Waals surface area (Å²) in [6.07, 6.45) is 0.997. The molecule has 0 atom stereocenters. The highest BCUT2D eigenvalue weighted by Crippen LogP contribution is 2.14. The lowest BCUT2D eigenvalue weighted by Crippen LogP contribution is -2.04. The lowest BCUT2D eigenvalue weighted by atomic mass is 10.2. The average molecular weight is 307 g/mol. The summed E-state index contributed by atoms with van der Waals surface area (Å²) >= 11 is 0. The van der Waals surface area contributed by atoms with Crippen LogP contribution in [-0.4, -0.2) is 33.9 Å². The Morgan fingerprint density at radius 1 is 1.32 bits per heavy atom. The third-order valence-corrected chi connectivity index (χ3v) is 3.55. The lowest BCUT2D eigenvalue weighted by molar-refractivity contribution is 0.0600. The van der Waals surface area contributed by atoms with Gasteiger partial charge in [0.1, 0.15) is 5.75 Å². The third kappa shape index (κ3) is 6.45. The number of unbranched alkanes of at least 4 members (excludes halogenated alkanes) is 1. The van der Waals surface area contributed by atoms with Crippen LogP contribution in [-0.2, 0) is 13.8 Å². The van der Waals surface area contributed by atoms with Crippen LogP contribution in [0.4, 0.5) is 0 Å². The third-order valence-electron chi connectivity index (χ3n) is 2.31. The van der Waals surface area contributed by atoms with E-state index in [0.29, 0.717) is 30.8 Å². The quantitative estimate of drug-likeness (QED) is 0.439. The first kappa shape index (κ1) is 15.8. The summed E-state index contributed by atoms with van der Waals surface area (Å²) in [6, 6.07) is 6.60. The Balaban J connectivity index is 2.39. The van der Waals surface area contributed by atoms with E-state index in [0.717, 1.165) is 0 Å². The van der Waals surface area contributed by atoms with Gasteiger partial charge in [-0.2, -0.15) is 0 Å². The van der Waals surface area contributed by atoms with E-state index in [1.54, 1.807) is 24.3 Å². The van der Waals surface area contributed by atoms with E-state index in [4.69, 9.17) is 15.4 Å². The number of halogens is 1. The van der Waals surface area contributed by atoms with Crippen LogP contribution in [0.5, 0.6) is 5.75 Å². The highest BCUT2D eigenvalue weighted by atomic mass is 35.7. The van der Waals surface area contributed by atoms with Gasteiger partial charge in [0.2, 0.25) is 9.05 Å². The van der Waals surface area contributed by atoms with Crippen molar-refractivity contribution in [3.8, 4) is 5.75 Å². The Hall–Kier alpha value is -1.27. The number of carbonyl (C=O) groups is 1. The van der Waals surface area contributed by atoms with Crippen molar-refractivity contribution in [3.05, 3.63) is 29.8 Å². The molecule has 0 saturated heterocycles. The van der Waals surface area contributed by atoms with Crippen molar-refractivity contribution in [1.82, 2.24) is 0 Å². The summed E-state index contributed by atoms with van der Waals surface area (Å²) in [5.41, 5.74) is 0.406. The zero-order chi connectivity index (χ0) is 14.3. The van der Waals surface area contributed by atoms with Crippen LogP contribution in [0.15, 0.2) is 24.3 Å². The summed E-state index contributed by atoms with van der Waals surface area (Å²) in [7, 11) is 2.95. The van der Waals surface area contributed by atoms with Crippen LogP contribution in [0.2, 0.25) is 0 Å². The van der Waals surface area contributed by atoms with E-state index in [1.807, 2.05) is 0 Å². The van der Waals surface area contributed by atoms with Crippen molar-refractivity contribution in [2.75, 3.05) is 19.5 Å². The van der Waals surface area contributed by atoms with Crippen molar-refractivity contribution in [1.29, 1.82) is 0 Å². The molecule has 0 fully saturated rings. The van der Waals surface area contributed by atoms with Gasteiger partial charge in [0.15, 0.2) is 0 Å². The number of hydrogen-bond donors (Lipinski definition) is 0. The molecular weight excluding hydrogens is 292 g/mol. The minimum atomic E-state index is -3.44. The Kier molecular flexibility index (Phi) is 6.11. The normalized spacial score (nSPS) is 11.1. The molecule has 0 aliphatic heterocycles. The van der Waals surface area contributed by atoms with E-state index < -0.39 is 15.0 Å². The monoisotopic (exact) mass is 306 g/mol. The molecule has 0 aliphatic carbocycles. The number of rotatable bonds is 7. The highest BCUT2D eigenvalue weighted by molar-refractivity contribution is 8.13. The maximum Gasteiger partial charge on any atom is 0.337 e. The van der Waals surface area contributed by atoms with Crippen LogP contribution in [0.3, 0.4) is 0 Å². The SMILES string of the molecule is COC(=O)c1cccc(OCCCCS(=O)(=O)Cl)c1. The standard InChI is InChI=1S/C12H15ClO5S/c1-17-12(14)10-5-4-6-11(9-10)18-7-2-3-8-19(13,15)16/h4-6,9H,2-3,7-8H2,1H3. The second kappa shape index (κ2) is 7.35. The molecule has 1 aromatic carbocycles. The smallest absolute Gasteiger partial charge is 0.337 e. The topological polar surface area (TPSA) is 69.7 Å². The van der Waals surface area contributed by atoms with E-state index in [-0.39, 0.29) is 5.75 Å². The Labute approximate surface area is 116 Å². The van der Waals surface area contributed by atoms with Crippen molar-refractivity contribution < 1.29 is 22.7 Å². The fourth-order valence-corrected chi connectivity index (χ4v) is 2.27. The van der Waals surface area contributed by atoms with Gasteiger partial charge in [0.25, 0.3) is 0 Å². The largest absolute Gasteiger partial charge is 0.494 e. The van der Waals surface area contributed by atoms with Crippen LogP contribution in [0, 0.1) is 0 Å². The number of hydrogen-bond acceptors (Lipinski definition) is 5. The molecule has 1 aromatic rings. The summed E-state index contributed by atoms with van der Waals surface area (Å²) in [6.45, 7) is 0.358. The first-order chi connectivity index (χ1) is 8.92. The molecule has 5 nitrogen and oxygen atoms in total. The number of methoxy groups -OCH3 is 1. The molecule has 0 aromatic heterocycles. The summed E-state index contributed by atoms with van der Waals surface area (Å²) in [5.74, 6) is 0.0374. The number of esters is 1. The van der Waals surface area contributed by atoms with Gasteiger partial charge >= 0.3 is 5.97 Å². The number of ether oxygens (including phenoxy) is 2. The van der Waals surface area contributed by atoms with Crippen molar-refractivity contribution >= 4 is 25.7 Å². The fraction of sp³-hybridized carbons (Fsp3) is 0.417. The Morgan fingerprint density at radius 2 is 2.05 bits per heavy atom. The second-order valence-corrected chi connectivity index (χ2v) is 6.71. The molecule has 0 aliphatic rings. The average Bonchev–Trinajstić information content (AvgIpc) is 2.36. The zero-order valence-corrected chi connectivity index (χ0v) is 12.0. The second-order valence-electron chi connectivity index (χ2n) is 3.82. The van der Waals surface area contributed by atoms with Gasteiger partial charge in [-0.15, -0.1) is 0 Å². The number of benzene rings is 1. The molecule has 0 bridgehead atoms. The van der Waals surface area contributed by atoms with Crippen LogP contribution in [0.1, 0.15) is 23.2 Å². The zero-order valence-electron chi connectivity index (χ0n) is 10.5. The van der Waals surface area contributed by atoms with Crippen molar-refractivity contribution in [3.63, 3.8) is 0 Å². The predicted molar refractivity (Wildman–Crippen MR) is 72.2 cm³/mol. The van der Waals surface area contributed by atoms with Crippen LogP contribution >= 0.6 is 10.7 Å². The van der Waals surface area contributed by atoms with Gasteiger partial charge in [0, 0.05) is 10.7 Å². The summed E-state index contributed by atoms with van der Waals surface area (Å²) in [5, 5.41) is 0. The molecule has 0 heterocycles. The molecule has 0 N–H and O–H groups in total. The Bertz CT molecular complexity index is 527. The van der Waals surface area contributed by atoms with Crippen LogP contribution < -0.4 is 4.74 Å². The maximum absolute atomic E-state index is 11.3. The molecule has 0 saturated carbocycles. The van der Waals surface area contributed by atoms with Gasteiger partial charge in [-0.1, -0.05) is 6.07 Å².